The second-order valence-electron chi connectivity index (χ2n) is 5.87. The Morgan fingerprint density at radius 2 is 1.69 bits per heavy atom. The third-order valence-electron chi connectivity index (χ3n) is 3.61. The molecule has 8 N–H and O–H groups in total. The number of carbonyl (C=O) groups excluding carboxylic acids is 1. The van der Waals surface area contributed by atoms with E-state index in [4.69, 9.17) is 19.7 Å². The van der Waals surface area contributed by atoms with Crippen molar-refractivity contribution in [3.63, 3.8) is 0 Å². The van der Waals surface area contributed by atoms with Gasteiger partial charge in [-0.2, -0.15) is 0 Å². The fourth-order valence-electron chi connectivity index (χ4n) is 1.98. The molecule has 0 amide bonds. The Hall–Kier alpha value is -0.730. The van der Waals surface area contributed by atoms with Crippen molar-refractivity contribution < 1.29 is 55.1 Å². The Kier molecular flexibility index (Phi) is 12.3. The van der Waals surface area contributed by atoms with Crippen LogP contribution in [0, 0.1) is 0 Å². The van der Waals surface area contributed by atoms with Gasteiger partial charge >= 0.3 is 0 Å². The van der Waals surface area contributed by atoms with Crippen molar-refractivity contribution in [2.45, 2.75) is 69.3 Å². The lowest BCUT2D eigenvalue weighted by Crippen LogP contribution is -2.58. The Morgan fingerprint density at radius 3 is 2.12 bits per heavy atom. The molecule has 0 aromatic rings. The first-order valence-electron chi connectivity index (χ1n) is 8.19. The van der Waals surface area contributed by atoms with Gasteiger partial charge < -0.3 is 50.3 Å². The van der Waals surface area contributed by atoms with Gasteiger partial charge in [-0.15, -0.1) is 0 Å². The zero-order valence-electron chi connectivity index (χ0n) is 14.7. The Labute approximate surface area is 151 Å². The normalized spacial score (nSPS) is 30.5. The van der Waals surface area contributed by atoms with Gasteiger partial charge in [-0.3, -0.25) is 4.79 Å². The standard InChI is InChI=1S/C12H22O10.C3H8O/c1-4(14)7(17)9(19)11(5(15)2-13)22-12-10(20)8(18)6(16)3-21-12;1-2-3-4/h5-13,15-20H,2-3H2,1H3;4H,2-3H2,1H3/t5-,6+,7+,8+,9-,10-,11-,12?;/m1./s1. The minimum absolute atomic E-state index is 0.319. The van der Waals surface area contributed by atoms with Crippen LogP contribution in [0.5, 0.6) is 0 Å². The van der Waals surface area contributed by atoms with Crippen LogP contribution < -0.4 is 0 Å². The fraction of sp³-hybridized carbons (Fsp3) is 0.933. The molecule has 1 aliphatic heterocycles. The van der Waals surface area contributed by atoms with Crippen LogP contribution >= 0.6 is 0 Å². The zero-order valence-corrected chi connectivity index (χ0v) is 14.7. The highest BCUT2D eigenvalue weighted by atomic mass is 16.7. The van der Waals surface area contributed by atoms with E-state index in [0.717, 1.165) is 13.3 Å². The average molecular weight is 386 g/mol. The van der Waals surface area contributed by atoms with Gasteiger partial charge in [0, 0.05) is 6.61 Å². The van der Waals surface area contributed by atoms with Crippen LogP contribution in [0.1, 0.15) is 20.3 Å². The summed E-state index contributed by atoms with van der Waals surface area (Å²) >= 11 is 0. The lowest BCUT2D eigenvalue weighted by molar-refractivity contribution is -0.302. The molecule has 0 aromatic carbocycles. The summed E-state index contributed by atoms with van der Waals surface area (Å²) in [6.07, 6.45) is -12.4. The first-order valence-corrected chi connectivity index (χ1v) is 8.19. The van der Waals surface area contributed by atoms with Gasteiger partial charge in [0.05, 0.1) is 13.2 Å². The van der Waals surface area contributed by atoms with Crippen molar-refractivity contribution in [2.75, 3.05) is 19.8 Å². The maximum Gasteiger partial charge on any atom is 0.186 e. The second-order valence-corrected chi connectivity index (χ2v) is 5.87. The quantitative estimate of drug-likeness (QED) is 0.201. The van der Waals surface area contributed by atoms with E-state index in [9.17, 15) is 35.4 Å². The molecule has 0 radical (unpaired) electrons. The molecule has 8 atom stereocenters. The van der Waals surface area contributed by atoms with E-state index >= 15 is 0 Å². The van der Waals surface area contributed by atoms with Crippen LogP contribution in [0.15, 0.2) is 0 Å². The summed E-state index contributed by atoms with van der Waals surface area (Å²) in [5.41, 5.74) is 0. The van der Waals surface area contributed by atoms with E-state index in [0.29, 0.717) is 6.61 Å². The van der Waals surface area contributed by atoms with Crippen molar-refractivity contribution >= 4 is 5.78 Å². The fourth-order valence-corrected chi connectivity index (χ4v) is 1.98. The number of aliphatic hydroxyl groups is 8. The number of hydrogen-bond acceptors (Lipinski definition) is 11. The minimum Gasteiger partial charge on any atom is -0.396 e. The van der Waals surface area contributed by atoms with Gasteiger partial charge in [0.15, 0.2) is 12.1 Å². The van der Waals surface area contributed by atoms with Gasteiger partial charge in [-0.1, -0.05) is 6.92 Å². The predicted molar refractivity (Wildman–Crippen MR) is 85.8 cm³/mol. The number of carbonyl (C=O) groups is 1. The third-order valence-corrected chi connectivity index (χ3v) is 3.61. The average Bonchev–Trinajstić information content (AvgIpc) is 2.63. The number of hydrogen-bond donors (Lipinski definition) is 8. The molecule has 0 spiro atoms. The first-order chi connectivity index (χ1) is 12.1. The van der Waals surface area contributed by atoms with Crippen molar-refractivity contribution in [3.8, 4) is 0 Å². The molecule has 1 heterocycles. The zero-order chi connectivity index (χ0) is 20.4. The maximum absolute atomic E-state index is 11.1. The highest BCUT2D eigenvalue weighted by molar-refractivity contribution is 5.80. The van der Waals surface area contributed by atoms with Gasteiger partial charge in [0.25, 0.3) is 0 Å². The highest BCUT2D eigenvalue weighted by Crippen LogP contribution is 2.21. The molecule has 0 saturated carbocycles. The molecule has 156 valence electrons. The highest BCUT2D eigenvalue weighted by Gasteiger charge is 2.43. The molecule has 11 heteroatoms. The lowest BCUT2D eigenvalue weighted by Gasteiger charge is -2.38. The van der Waals surface area contributed by atoms with E-state index in [2.05, 4.69) is 0 Å². The number of rotatable bonds is 8. The minimum atomic E-state index is -1.90. The van der Waals surface area contributed by atoms with Crippen molar-refractivity contribution in [2.24, 2.45) is 0 Å². The molecule has 1 rings (SSSR count). The van der Waals surface area contributed by atoms with E-state index in [1.54, 1.807) is 0 Å². The molecule has 11 nitrogen and oxygen atoms in total. The number of aliphatic hydroxyl groups excluding tert-OH is 8. The van der Waals surface area contributed by atoms with Crippen molar-refractivity contribution in [1.29, 1.82) is 0 Å². The van der Waals surface area contributed by atoms with Crippen LogP contribution in [0.3, 0.4) is 0 Å². The molecule has 1 unspecified atom stereocenters. The van der Waals surface area contributed by atoms with Crippen molar-refractivity contribution in [1.82, 2.24) is 0 Å². The van der Waals surface area contributed by atoms with E-state index < -0.39 is 61.4 Å². The molecule has 0 aromatic heterocycles. The topological polar surface area (TPSA) is 197 Å². The second kappa shape index (κ2) is 12.6. The van der Waals surface area contributed by atoms with Crippen LogP contribution in [-0.4, -0.2) is 115 Å². The van der Waals surface area contributed by atoms with Gasteiger partial charge in [0.1, 0.15) is 42.7 Å². The molecular formula is C15H30O11. The first kappa shape index (κ1) is 25.3. The summed E-state index contributed by atoms with van der Waals surface area (Å²) < 4.78 is 10.0. The largest absolute Gasteiger partial charge is 0.396 e. The predicted octanol–water partition coefficient (Wildman–Crippen LogP) is -4.14. The number of Topliss-reactive ketones (excluding diaryl/α,β-unsaturated/α-hetero) is 1. The van der Waals surface area contributed by atoms with Crippen LogP contribution in [-0.2, 0) is 14.3 Å². The molecular weight excluding hydrogens is 356 g/mol. The van der Waals surface area contributed by atoms with Crippen LogP contribution in [0.2, 0.25) is 0 Å². The van der Waals surface area contributed by atoms with E-state index in [1.807, 2.05) is 6.92 Å². The molecule has 1 saturated heterocycles. The van der Waals surface area contributed by atoms with Crippen LogP contribution in [0.4, 0.5) is 0 Å². The van der Waals surface area contributed by atoms with Crippen LogP contribution in [0.25, 0.3) is 0 Å². The summed E-state index contributed by atoms with van der Waals surface area (Å²) in [6.45, 7) is 2.01. The molecule has 1 aliphatic rings. The molecule has 1 fully saturated rings. The number of ether oxygens (including phenoxy) is 2. The molecule has 0 bridgehead atoms. The maximum atomic E-state index is 11.1. The smallest absolute Gasteiger partial charge is 0.186 e. The summed E-state index contributed by atoms with van der Waals surface area (Å²) in [6, 6.07) is 0. The number of ketones is 1. The summed E-state index contributed by atoms with van der Waals surface area (Å²) in [7, 11) is 0. The van der Waals surface area contributed by atoms with Gasteiger partial charge in [-0.25, -0.2) is 0 Å². The Morgan fingerprint density at radius 1 is 1.15 bits per heavy atom. The summed E-state index contributed by atoms with van der Waals surface area (Å²) in [5.74, 6) is -0.799. The molecule has 26 heavy (non-hydrogen) atoms. The van der Waals surface area contributed by atoms with Gasteiger partial charge in [-0.05, 0) is 13.3 Å². The Bertz CT molecular complexity index is 392. The summed E-state index contributed by atoms with van der Waals surface area (Å²) in [5, 5.41) is 74.4. The van der Waals surface area contributed by atoms with Gasteiger partial charge in [0.2, 0.25) is 0 Å². The summed E-state index contributed by atoms with van der Waals surface area (Å²) in [4.78, 5) is 11.1. The lowest BCUT2D eigenvalue weighted by atomic mass is 10.00. The van der Waals surface area contributed by atoms with E-state index in [1.165, 1.54) is 0 Å². The Balaban J connectivity index is 0.00000141. The van der Waals surface area contributed by atoms with Crippen molar-refractivity contribution in [3.05, 3.63) is 0 Å². The molecule has 0 aliphatic carbocycles. The monoisotopic (exact) mass is 386 g/mol. The van der Waals surface area contributed by atoms with E-state index in [-0.39, 0.29) is 6.61 Å². The SMILES string of the molecule is CC(=O)[C@H](O)[C@@H](O)[C@H](OC1OC[C@H](O)[C@H](O)[C@H]1O)[C@H](O)CO.CCCO. The third kappa shape index (κ3) is 7.48.